The van der Waals surface area contributed by atoms with Crippen molar-refractivity contribution >= 4 is 5.97 Å². The van der Waals surface area contributed by atoms with Crippen LogP contribution < -0.4 is 0 Å². The number of carbonyl (C=O) groups is 1. The summed E-state index contributed by atoms with van der Waals surface area (Å²) >= 11 is 0. The molecule has 0 unspecified atom stereocenters. The largest absolute Gasteiger partial charge is 0.449 e. The van der Waals surface area contributed by atoms with E-state index in [1.165, 1.54) is 0 Å². The first-order valence-corrected chi connectivity index (χ1v) is 7.35. The standard InChI is InChI=1S/C19H20O2/c1-18(2)13-17(20)21-19(14-18,15-9-5-3-6-10-15)16-11-7-4-8-12-16/h3-12H,13-14H2,1-2H3. The van der Waals surface area contributed by atoms with Gasteiger partial charge in [0.15, 0.2) is 5.60 Å². The van der Waals surface area contributed by atoms with Crippen molar-refractivity contribution in [2.24, 2.45) is 5.41 Å². The molecule has 21 heavy (non-hydrogen) atoms. The van der Waals surface area contributed by atoms with E-state index in [2.05, 4.69) is 13.8 Å². The van der Waals surface area contributed by atoms with Crippen molar-refractivity contribution in [3.8, 4) is 0 Å². The average Bonchev–Trinajstić information content (AvgIpc) is 2.47. The fourth-order valence-corrected chi connectivity index (χ4v) is 3.30. The molecule has 1 aliphatic rings. The van der Waals surface area contributed by atoms with Gasteiger partial charge in [-0.25, -0.2) is 0 Å². The Morgan fingerprint density at radius 2 is 1.33 bits per heavy atom. The van der Waals surface area contributed by atoms with Crippen LogP contribution in [0.2, 0.25) is 0 Å². The summed E-state index contributed by atoms with van der Waals surface area (Å²) in [5.41, 5.74) is 1.32. The number of rotatable bonds is 2. The maximum Gasteiger partial charge on any atom is 0.307 e. The molecule has 0 radical (unpaired) electrons. The Labute approximate surface area is 125 Å². The Hall–Kier alpha value is -2.09. The molecular weight excluding hydrogens is 260 g/mol. The van der Waals surface area contributed by atoms with Crippen LogP contribution in [0.4, 0.5) is 0 Å². The summed E-state index contributed by atoms with van der Waals surface area (Å²) < 4.78 is 5.94. The molecule has 1 saturated heterocycles. The summed E-state index contributed by atoms with van der Waals surface area (Å²) in [6.07, 6.45) is 1.26. The topological polar surface area (TPSA) is 26.3 Å². The van der Waals surface area contributed by atoms with E-state index in [0.29, 0.717) is 6.42 Å². The van der Waals surface area contributed by atoms with Crippen molar-refractivity contribution in [2.45, 2.75) is 32.3 Å². The van der Waals surface area contributed by atoms with Crippen molar-refractivity contribution in [3.63, 3.8) is 0 Å². The minimum atomic E-state index is -0.679. The third-order valence-electron chi connectivity index (χ3n) is 4.12. The molecule has 1 fully saturated rings. The zero-order valence-corrected chi connectivity index (χ0v) is 12.5. The summed E-state index contributed by atoms with van der Waals surface area (Å²) in [5, 5.41) is 0. The molecule has 0 saturated carbocycles. The van der Waals surface area contributed by atoms with Crippen molar-refractivity contribution in [2.75, 3.05) is 0 Å². The zero-order chi connectivity index (χ0) is 14.9. The van der Waals surface area contributed by atoms with Crippen molar-refractivity contribution in [3.05, 3.63) is 71.8 Å². The second-order valence-electron chi connectivity index (χ2n) is 6.55. The predicted octanol–water partition coefficient (Wildman–Crippen LogP) is 4.29. The van der Waals surface area contributed by atoms with Gasteiger partial charge in [0.05, 0.1) is 6.42 Å². The molecule has 2 nitrogen and oxygen atoms in total. The van der Waals surface area contributed by atoms with Crippen molar-refractivity contribution < 1.29 is 9.53 Å². The Morgan fingerprint density at radius 1 is 0.857 bits per heavy atom. The normalized spacial score (nSPS) is 19.8. The summed E-state index contributed by atoms with van der Waals surface area (Å²) in [7, 11) is 0. The third kappa shape index (κ3) is 2.58. The van der Waals surface area contributed by atoms with Gasteiger partial charge >= 0.3 is 5.97 Å². The lowest BCUT2D eigenvalue weighted by Gasteiger charge is -2.44. The number of cyclic esters (lactones) is 1. The summed E-state index contributed by atoms with van der Waals surface area (Å²) in [4.78, 5) is 12.2. The Morgan fingerprint density at radius 3 is 1.76 bits per heavy atom. The first-order chi connectivity index (χ1) is 10.0. The van der Waals surface area contributed by atoms with Gasteiger partial charge in [0.2, 0.25) is 0 Å². The van der Waals surface area contributed by atoms with E-state index < -0.39 is 5.60 Å². The minimum absolute atomic E-state index is 0.0823. The van der Waals surface area contributed by atoms with E-state index in [9.17, 15) is 4.79 Å². The molecular formula is C19H20O2. The lowest BCUT2D eigenvalue weighted by atomic mass is 9.70. The van der Waals surface area contributed by atoms with Crippen LogP contribution in [0.15, 0.2) is 60.7 Å². The molecule has 0 spiro atoms. The van der Waals surface area contributed by atoms with E-state index in [1.807, 2.05) is 60.7 Å². The van der Waals surface area contributed by atoms with Crippen LogP contribution in [-0.4, -0.2) is 5.97 Å². The fourth-order valence-electron chi connectivity index (χ4n) is 3.30. The van der Waals surface area contributed by atoms with Crippen LogP contribution >= 0.6 is 0 Å². The smallest absolute Gasteiger partial charge is 0.307 e. The van der Waals surface area contributed by atoms with E-state index in [0.717, 1.165) is 17.5 Å². The van der Waals surface area contributed by atoms with Crippen molar-refractivity contribution in [1.82, 2.24) is 0 Å². The molecule has 0 N–H and O–H groups in total. The second-order valence-corrected chi connectivity index (χ2v) is 6.55. The van der Waals surface area contributed by atoms with E-state index >= 15 is 0 Å². The van der Waals surface area contributed by atoms with Crippen LogP contribution in [0.5, 0.6) is 0 Å². The summed E-state index contributed by atoms with van der Waals surface area (Å²) in [6, 6.07) is 20.1. The van der Waals surface area contributed by atoms with Gasteiger partial charge in [0, 0.05) is 17.5 Å². The lowest BCUT2D eigenvalue weighted by Crippen LogP contribution is -2.44. The van der Waals surface area contributed by atoms with Gasteiger partial charge in [-0.2, -0.15) is 0 Å². The number of esters is 1. The third-order valence-corrected chi connectivity index (χ3v) is 4.12. The summed E-state index contributed by atoms with van der Waals surface area (Å²) in [6.45, 7) is 4.27. The highest BCUT2D eigenvalue weighted by Crippen LogP contribution is 2.48. The van der Waals surface area contributed by atoms with Gasteiger partial charge < -0.3 is 4.74 Å². The van der Waals surface area contributed by atoms with Crippen LogP contribution in [-0.2, 0) is 15.1 Å². The maximum absolute atomic E-state index is 12.2. The summed E-state index contributed by atoms with van der Waals surface area (Å²) in [5.74, 6) is -0.126. The van der Waals surface area contributed by atoms with E-state index in [-0.39, 0.29) is 11.4 Å². The molecule has 2 heteroatoms. The van der Waals surface area contributed by atoms with Gasteiger partial charge in [-0.3, -0.25) is 4.79 Å². The number of hydrogen-bond donors (Lipinski definition) is 0. The highest BCUT2D eigenvalue weighted by atomic mass is 16.6. The van der Waals surface area contributed by atoms with Crippen LogP contribution in [0.3, 0.4) is 0 Å². The quantitative estimate of drug-likeness (QED) is 0.767. The monoisotopic (exact) mass is 280 g/mol. The van der Waals surface area contributed by atoms with Gasteiger partial charge in [0.25, 0.3) is 0 Å². The zero-order valence-electron chi connectivity index (χ0n) is 12.5. The molecule has 1 heterocycles. The van der Waals surface area contributed by atoms with Gasteiger partial charge in [0.1, 0.15) is 0 Å². The minimum Gasteiger partial charge on any atom is -0.449 e. The number of ether oxygens (including phenoxy) is 1. The predicted molar refractivity (Wildman–Crippen MR) is 82.8 cm³/mol. The first-order valence-electron chi connectivity index (χ1n) is 7.35. The Bertz CT molecular complexity index is 590. The highest BCUT2D eigenvalue weighted by molar-refractivity contribution is 5.73. The van der Waals surface area contributed by atoms with Crippen molar-refractivity contribution in [1.29, 1.82) is 0 Å². The molecule has 0 bridgehead atoms. The molecule has 1 aliphatic heterocycles. The number of hydrogen-bond acceptors (Lipinski definition) is 2. The molecule has 0 atom stereocenters. The van der Waals surface area contributed by atoms with E-state index in [4.69, 9.17) is 4.74 Å². The van der Waals surface area contributed by atoms with E-state index in [1.54, 1.807) is 0 Å². The SMILES string of the molecule is CC1(C)CC(=O)OC(c2ccccc2)(c2ccccc2)C1. The van der Waals surface area contributed by atoms with Crippen LogP contribution in [0.1, 0.15) is 37.8 Å². The first kappa shape index (κ1) is 13.9. The van der Waals surface area contributed by atoms with Crippen LogP contribution in [0, 0.1) is 5.41 Å². The van der Waals surface area contributed by atoms with Gasteiger partial charge in [-0.15, -0.1) is 0 Å². The molecule has 108 valence electrons. The second kappa shape index (κ2) is 5.03. The molecule has 3 rings (SSSR count). The molecule has 0 aromatic heterocycles. The molecule has 2 aromatic carbocycles. The average molecular weight is 280 g/mol. The van der Waals surface area contributed by atoms with Crippen LogP contribution in [0.25, 0.3) is 0 Å². The fraction of sp³-hybridized carbons (Fsp3) is 0.316. The molecule has 0 amide bonds. The highest BCUT2D eigenvalue weighted by Gasteiger charge is 2.47. The Kier molecular flexibility index (Phi) is 3.32. The lowest BCUT2D eigenvalue weighted by molar-refractivity contribution is -0.172. The number of benzene rings is 2. The van der Waals surface area contributed by atoms with Gasteiger partial charge in [-0.05, 0) is 5.41 Å². The molecule has 2 aromatic rings. The molecule has 0 aliphatic carbocycles. The maximum atomic E-state index is 12.2. The number of carbonyl (C=O) groups excluding carboxylic acids is 1. The Balaban J connectivity index is 2.18. The van der Waals surface area contributed by atoms with Gasteiger partial charge in [-0.1, -0.05) is 74.5 Å².